The van der Waals surface area contributed by atoms with Crippen LogP contribution in [0.1, 0.15) is 0 Å². The molecule has 0 aliphatic rings. The monoisotopic (exact) mass is 224 g/mol. The summed E-state index contributed by atoms with van der Waals surface area (Å²) in [6.45, 7) is 0. The van der Waals surface area contributed by atoms with E-state index in [1.165, 1.54) is 0 Å². The van der Waals surface area contributed by atoms with Crippen molar-refractivity contribution in [2.75, 3.05) is 0 Å². The zero-order valence-electron chi connectivity index (χ0n) is 1.39. The van der Waals surface area contributed by atoms with Gasteiger partial charge in [0.1, 0.15) is 0 Å². The van der Waals surface area contributed by atoms with E-state index in [0.717, 1.165) is 0 Å². The van der Waals surface area contributed by atoms with E-state index in [9.17, 15) is 0 Å². The summed E-state index contributed by atoms with van der Waals surface area (Å²) < 4.78 is 0. The van der Waals surface area contributed by atoms with Crippen molar-refractivity contribution in [3.05, 3.63) is 0 Å². The third-order valence-electron chi connectivity index (χ3n) is 0. The van der Waals surface area contributed by atoms with Gasteiger partial charge in [0.2, 0.25) is 0 Å². The van der Waals surface area contributed by atoms with Crippen molar-refractivity contribution in [1.82, 2.24) is 0 Å². The second-order valence-corrected chi connectivity index (χ2v) is 0. The van der Waals surface area contributed by atoms with Crippen molar-refractivity contribution in [3.63, 3.8) is 0 Å². The average Bonchev–Trinajstić information content (AvgIpc) is 0. The predicted molar refractivity (Wildman–Crippen MR) is 8.54 cm³/mol. The molecule has 0 aliphatic carbocycles. The fraction of sp³-hybridized carbons (Fsp3) is 0. The molecular formula is H2CaCuMnZn. The van der Waals surface area contributed by atoms with Crippen LogP contribution >= 0.6 is 0 Å². The van der Waals surface area contributed by atoms with Crippen LogP contribution in [-0.2, 0) is 53.6 Å². The van der Waals surface area contributed by atoms with E-state index >= 15 is 0 Å². The van der Waals surface area contributed by atoms with Gasteiger partial charge in [-0.05, 0) is 0 Å². The van der Waals surface area contributed by atoms with Crippen LogP contribution in [0.4, 0.5) is 0 Å². The molecule has 0 N–H and O–H groups in total. The number of rotatable bonds is 0. The van der Waals surface area contributed by atoms with Gasteiger partial charge in [-0.15, -0.1) is 0 Å². The Balaban J connectivity index is 0. The minimum Gasteiger partial charge on any atom is 0 e. The maximum absolute atomic E-state index is 0. The quantitative estimate of drug-likeness (QED) is 0.468. The van der Waals surface area contributed by atoms with Crippen LogP contribution in [0.2, 0.25) is 0 Å². The van der Waals surface area contributed by atoms with E-state index in [1.807, 2.05) is 0 Å². The summed E-state index contributed by atoms with van der Waals surface area (Å²) in [5.41, 5.74) is 0. The molecular weight excluding hydrogens is 224 g/mol. The largest absolute Gasteiger partial charge is 0 e. The van der Waals surface area contributed by atoms with E-state index in [1.54, 1.807) is 0 Å². The first-order valence-electron chi connectivity index (χ1n) is 0. The van der Waals surface area contributed by atoms with Crippen molar-refractivity contribution < 1.29 is 53.6 Å². The summed E-state index contributed by atoms with van der Waals surface area (Å²) >= 11 is 0. The molecule has 2 radical (unpaired) electrons. The molecule has 0 heterocycles. The van der Waals surface area contributed by atoms with Crippen LogP contribution in [-0.4, -0.2) is 37.7 Å². The normalized spacial score (nSPS) is 0. The molecule has 0 fully saturated rings. The van der Waals surface area contributed by atoms with Gasteiger partial charge in [-0.25, -0.2) is 0 Å². The van der Waals surface area contributed by atoms with Gasteiger partial charge < -0.3 is 0 Å². The van der Waals surface area contributed by atoms with Crippen LogP contribution in [0.25, 0.3) is 0 Å². The van der Waals surface area contributed by atoms with Gasteiger partial charge in [-0.2, -0.15) is 0 Å². The summed E-state index contributed by atoms with van der Waals surface area (Å²) in [6, 6.07) is 0. The Labute approximate surface area is 89.6 Å². The van der Waals surface area contributed by atoms with Crippen molar-refractivity contribution in [3.8, 4) is 0 Å². The molecule has 0 amide bonds. The molecule has 0 unspecified atom stereocenters. The van der Waals surface area contributed by atoms with Crippen LogP contribution in [0.15, 0.2) is 0 Å². The SMILES string of the molecule is [CaH2].[Cu].[Mn].[Zn]. The third kappa shape index (κ3) is 8.87. The Hall–Kier alpha value is 2.92. The Morgan fingerprint density at radius 3 is 1.00 bits per heavy atom. The van der Waals surface area contributed by atoms with E-state index in [2.05, 4.69) is 0 Å². The molecule has 0 saturated heterocycles. The van der Waals surface area contributed by atoms with Crippen molar-refractivity contribution in [1.29, 1.82) is 0 Å². The fourth-order valence-corrected chi connectivity index (χ4v) is 0. The molecule has 0 aromatic carbocycles. The van der Waals surface area contributed by atoms with Gasteiger partial charge in [0.05, 0.1) is 0 Å². The fourth-order valence-electron chi connectivity index (χ4n) is 0. The van der Waals surface area contributed by atoms with Gasteiger partial charge in [0.15, 0.2) is 0 Å². The molecule has 4 heteroatoms. The van der Waals surface area contributed by atoms with Crippen LogP contribution in [0.5, 0.6) is 0 Å². The van der Waals surface area contributed by atoms with Gasteiger partial charge in [-0.1, -0.05) is 0 Å². The first-order chi connectivity index (χ1) is 0. The summed E-state index contributed by atoms with van der Waals surface area (Å²) in [5.74, 6) is 0. The Kier molecular flexibility index (Phi) is 119. The molecule has 0 bridgehead atoms. The third-order valence-corrected chi connectivity index (χ3v) is 0. The van der Waals surface area contributed by atoms with Gasteiger partial charge in [-0.3, -0.25) is 0 Å². The van der Waals surface area contributed by atoms with Gasteiger partial charge in [0.25, 0.3) is 0 Å². The second kappa shape index (κ2) is 16.8. The molecule has 0 aliphatic heterocycles. The molecule has 0 saturated carbocycles. The Morgan fingerprint density at radius 1 is 1.00 bits per heavy atom. The Bertz CT molecular complexity index is 8.00. The molecule has 0 rings (SSSR count). The van der Waals surface area contributed by atoms with Gasteiger partial charge >= 0.3 is 37.7 Å². The zero-order chi connectivity index (χ0) is 0. The van der Waals surface area contributed by atoms with E-state index in [0.29, 0.717) is 0 Å². The molecule has 0 nitrogen and oxygen atoms in total. The van der Waals surface area contributed by atoms with E-state index in [-0.39, 0.29) is 91.4 Å². The summed E-state index contributed by atoms with van der Waals surface area (Å²) in [4.78, 5) is 0. The van der Waals surface area contributed by atoms with Crippen molar-refractivity contribution in [2.24, 2.45) is 0 Å². The van der Waals surface area contributed by atoms with Crippen LogP contribution in [0.3, 0.4) is 0 Å². The summed E-state index contributed by atoms with van der Waals surface area (Å²) in [5, 5.41) is 0. The maximum Gasteiger partial charge on any atom is 0 e. The van der Waals surface area contributed by atoms with Crippen LogP contribution in [0, 0.1) is 0 Å². The summed E-state index contributed by atoms with van der Waals surface area (Å²) in [6.07, 6.45) is 0. The number of hydrogen-bond acceptors (Lipinski definition) is 0. The van der Waals surface area contributed by atoms with Gasteiger partial charge in [0, 0.05) is 53.6 Å². The molecule has 4 heavy (non-hydrogen) atoms. The first kappa shape index (κ1) is 28.4. The van der Waals surface area contributed by atoms with E-state index in [4.69, 9.17) is 0 Å². The van der Waals surface area contributed by atoms with Crippen LogP contribution < -0.4 is 0 Å². The molecule has 0 spiro atoms. The van der Waals surface area contributed by atoms with E-state index < -0.39 is 0 Å². The second-order valence-electron chi connectivity index (χ2n) is 0. The summed E-state index contributed by atoms with van der Waals surface area (Å²) in [7, 11) is 0. The van der Waals surface area contributed by atoms with Crippen molar-refractivity contribution >= 4 is 37.7 Å². The molecule has 0 aromatic rings. The smallest absolute Gasteiger partial charge is 0 e. The predicted octanol–water partition coefficient (Wildman–Crippen LogP) is -0.924. The number of hydrogen-bond donors (Lipinski definition) is 0. The maximum atomic E-state index is 0. The topological polar surface area (TPSA) is 0 Å². The molecule has 0 aromatic heterocycles. The van der Waals surface area contributed by atoms with Crippen molar-refractivity contribution in [2.45, 2.75) is 0 Å². The standard InChI is InChI=1S/Ca.Cu.Mn.Zn.2H. The molecule has 0 atom stereocenters. The Morgan fingerprint density at radius 2 is 1.00 bits per heavy atom. The minimum atomic E-state index is 0. The minimum absolute atomic E-state index is 0. The zero-order valence-corrected chi connectivity index (χ0v) is 6.48. The average molecular weight is 226 g/mol. The first-order valence-corrected chi connectivity index (χ1v) is 0. The molecule has 24 valence electrons.